The number of likely N-dealkylation sites (tertiary alicyclic amines) is 1. The number of amides is 1. The molecule has 6 heteroatoms. The van der Waals surface area contributed by atoms with Crippen LogP contribution in [-0.4, -0.2) is 74.4 Å². The van der Waals surface area contributed by atoms with Crippen LogP contribution in [0.25, 0.3) is 0 Å². The zero-order valence-corrected chi connectivity index (χ0v) is 16.1. The molecule has 3 aliphatic rings. The zero-order chi connectivity index (χ0) is 18.9. The number of benzene rings is 1. The molecule has 1 aromatic rings. The Hall–Kier alpha value is -1.50. The number of aryl methyl sites for hydroxylation is 1. The molecule has 27 heavy (non-hydrogen) atoms. The lowest BCUT2D eigenvalue weighted by atomic mass is 9.76. The first-order valence-electron chi connectivity index (χ1n) is 10.0. The van der Waals surface area contributed by atoms with Gasteiger partial charge in [-0.15, -0.1) is 0 Å². The first-order valence-corrected chi connectivity index (χ1v) is 10.0. The van der Waals surface area contributed by atoms with Crippen LogP contribution in [0, 0.1) is 18.2 Å². The van der Waals surface area contributed by atoms with E-state index in [9.17, 15) is 9.18 Å². The monoisotopic (exact) mass is 376 g/mol. The highest BCUT2D eigenvalue weighted by Gasteiger charge is 2.43. The molecule has 1 amide bonds. The second kappa shape index (κ2) is 7.86. The fourth-order valence-corrected chi connectivity index (χ4v) is 4.53. The summed E-state index contributed by atoms with van der Waals surface area (Å²) in [6.07, 6.45) is 3.29. The number of ether oxygens (including phenoxy) is 2. The Kier molecular flexibility index (Phi) is 5.48. The maximum atomic E-state index is 13.8. The van der Waals surface area contributed by atoms with Crippen LogP contribution in [0.4, 0.5) is 4.39 Å². The molecule has 4 rings (SSSR count). The van der Waals surface area contributed by atoms with Crippen molar-refractivity contribution in [3.05, 3.63) is 35.1 Å². The van der Waals surface area contributed by atoms with Crippen molar-refractivity contribution in [2.24, 2.45) is 5.41 Å². The topological polar surface area (TPSA) is 42.0 Å². The first-order chi connectivity index (χ1) is 13.0. The fraction of sp³-hybridized carbons (Fsp3) is 0.667. The molecule has 0 unspecified atom stereocenters. The third-order valence-electron chi connectivity index (χ3n) is 6.38. The Morgan fingerprint density at radius 3 is 2.67 bits per heavy atom. The van der Waals surface area contributed by atoms with Gasteiger partial charge < -0.3 is 14.4 Å². The maximum Gasteiger partial charge on any atom is 0.253 e. The molecular formula is C21H29FN2O3. The van der Waals surface area contributed by atoms with E-state index in [4.69, 9.17) is 9.47 Å². The van der Waals surface area contributed by atoms with Gasteiger partial charge in [-0.25, -0.2) is 4.39 Å². The minimum Gasteiger partial charge on any atom is -0.379 e. The van der Waals surface area contributed by atoms with Crippen molar-refractivity contribution in [1.82, 2.24) is 9.80 Å². The highest BCUT2D eigenvalue weighted by molar-refractivity contribution is 5.94. The van der Waals surface area contributed by atoms with Crippen LogP contribution in [0.15, 0.2) is 18.2 Å². The number of carbonyl (C=O) groups excluding carboxylic acids is 1. The van der Waals surface area contributed by atoms with Crippen LogP contribution >= 0.6 is 0 Å². The Bertz CT molecular complexity index is 682. The molecule has 0 aromatic heterocycles. The molecule has 3 saturated heterocycles. The number of morpholine rings is 1. The van der Waals surface area contributed by atoms with Crippen LogP contribution in [-0.2, 0) is 9.47 Å². The third kappa shape index (κ3) is 4.18. The molecule has 3 fully saturated rings. The molecule has 5 nitrogen and oxygen atoms in total. The van der Waals surface area contributed by atoms with Crippen molar-refractivity contribution in [2.45, 2.75) is 32.3 Å². The molecule has 0 aliphatic carbocycles. The summed E-state index contributed by atoms with van der Waals surface area (Å²) in [6, 6.07) is 4.76. The van der Waals surface area contributed by atoms with Crippen LogP contribution < -0.4 is 0 Å². The zero-order valence-electron chi connectivity index (χ0n) is 16.1. The molecule has 0 saturated carbocycles. The van der Waals surface area contributed by atoms with E-state index in [2.05, 4.69) is 4.90 Å². The van der Waals surface area contributed by atoms with Crippen molar-refractivity contribution < 1.29 is 18.7 Å². The van der Waals surface area contributed by atoms with Crippen molar-refractivity contribution in [1.29, 1.82) is 0 Å². The first kappa shape index (κ1) is 18.8. The van der Waals surface area contributed by atoms with Gasteiger partial charge in [0.25, 0.3) is 5.91 Å². The number of hydrogen-bond acceptors (Lipinski definition) is 4. The van der Waals surface area contributed by atoms with E-state index < -0.39 is 0 Å². The van der Waals surface area contributed by atoms with Crippen molar-refractivity contribution >= 4 is 5.91 Å². The number of nitrogens with zero attached hydrogens (tertiary/aromatic N) is 2. The van der Waals surface area contributed by atoms with Gasteiger partial charge in [-0.3, -0.25) is 9.69 Å². The van der Waals surface area contributed by atoms with Gasteiger partial charge in [-0.2, -0.15) is 0 Å². The van der Waals surface area contributed by atoms with E-state index in [0.717, 1.165) is 71.8 Å². The summed E-state index contributed by atoms with van der Waals surface area (Å²) in [6.45, 7) is 8.54. The van der Waals surface area contributed by atoms with Crippen LogP contribution in [0.5, 0.6) is 0 Å². The van der Waals surface area contributed by atoms with Gasteiger partial charge in [0.1, 0.15) is 5.82 Å². The van der Waals surface area contributed by atoms with Crippen molar-refractivity contribution in [3.8, 4) is 0 Å². The molecule has 148 valence electrons. The van der Waals surface area contributed by atoms with Crippen LogP contribution in [0.2, 0.25) is 0 Å². The Balaban J connectivity index is 1.30. The molecule has 1 aromatic carbocycles. The summed E-state index contributed by atoms with van der Waals surface area (Å²) in [5.41, 5.74) is 1.21. The SMILES string of the molecule is Cc1ccc(C(=O)N2CCC3(CC2)CO[C@H](CN2CCOCC2)C3)cc1F. The number of hydrogen-bond donors (Lipinski definition) is 0. The van der Waals surface area contributed by atoms with Gasteiger partial charge in [-0.05, 0) is 49.3 Å². The smallest absolute Gasteiger partial charge is 0.253 e. The molecule has 3 aliphatic heterocycles. The van der Waals surface area contributed by atoms with Crippen LogP contribution in [0.3, 0.4) is 0 Å². The number of piperidine rings is 1. The van der Waals surface area contributed by atoms with E-state index in [1.54, 1.807) is 19.1 Å². The predicted octanol–water partition coefficient (Wildman–Crippen LogP) is 2.48. The second-order valence-electron chi connectivity index (χ2n) is 8.31. The Labute approximate surface area is 160 Å². The molecule has 1 atom stereocenters. The largest absolute Gasteiger partial charge is 0.379 e. The average molecular weight is 376 g/mol. The number of halogens is 1. The Morgan fingerprint density at radius 2 is 1.96 bits per heavy atom. The minimum absolute atomic E-state index is 0.0625. The minimum atomic E-state index is -0.315. The molecule has 3 heterocycles. The number of carbonyl (C=O) groups is 1. The van der Waals surface area contributed by atoms with Gasteiger partial charge >= 0.3 is 0 Å². The summed E-state index contributed by atoms with van der Waals surface area (Å²) in [7, 11) is 0. The van der Waals surface area contributed by atoms with E-state index in [0.29, 0.717) is 11.1 Å². The van der Waals surface area contributed by atoms with Crippen molar-refractivity contribution in [3.63, 3.8) is 0 Å². The summed E-state index contributed by atoms with van der Waals surface area (Å²) >= 11 is 0. The quantitative estimate of drug-likeness (QED) is 0.813. The van der Waals surface area contributed by atoms with Gasteiger partial charge in [0.2, 0.25) is 0 Å². The highest BCUT2D eigenvalue weighted by Crippen LogP contribution is 2.42. The van der Waals surface area contributed by atoms with E-state index in [1.807, 2.05) is 4.90 Å². The summed E-state index contributed by atoms with van der Waals surface area (Å²) in [5, 5.41) is 0. The summed E-state index contributed by atoms with van der Waals surface area (Å²) in [4.78, 5) is 17.0. The standard InChI is InChI=1S/C21H29FN2O3/c1-16-2-3-17(12-19(16)22)20(25)24-6-4-21(5-7-24)13-18(27-15-21)14-23-8-10-26-11-9-23/h2-3,12,18H,4-11,13-15H2,1H3/t18-/m0/s1. The Morgan fingerprint density at radius 1 is 1.22 bits per heavy atom. The normalized spacial score (nSPS) is 25.9. The maximum absolute atomic E-state index is 13.8. The van der Waals surface area contributed by atoms with Gasteiger partial charge in [0.05, 0.1) is 25.9 Å². The fourth-order valence-electron chi connectivity index (χ4n) is 4.53. The molecule has 0 N–H and O–H groups in total. The van der Waals surface area contributed by atoms with Gasteiger partial charge in [-0.1, -0.05) is 6.07 Å². The average Bonchev–Trinajstić information content (AvgIpc) is 3.07. The molecular weight excluding hydrogens is 347 g/mol. The predicted molar refractivity (Wildman–Crippen MR) is 100 cm³/mol. The summed E-state index contributed by atoms with van der Waals surface area (Å²) < 4.78 is 25.3. The second-order valence-corrected chi connectivity index (χ2v) is 8.31. The highest BCUT2D eigenvalue weighted by atomic mass is 19.1. The van der Waals surface area contributed by atoms with E-state index in [1.165, 1.54) is 6.07 Å². The lowest BCUT2D eigenvalue weighted by Gasteiger charge is -2.38. The number of rotatable bonds is 3. The van der Waals surface area contributed by atoms with Crippen LogP contribution in [0.1, 0.15) is 35.2 Å². The lowest BCUT2D eigenvalue weighted by molar-refractivity contribution is 0.00524. The summed E-state index contributed by atoms with van der Waals surface area (Å²) in [5.74, 6) is -0.378. The van der Waals surface area contributed by atoms with Crippen molar-refractivity contribution in [2.75, 3.05) is 52.5 Å². The molecule has 0 bridgehead atoms. The van der Waals surface area contributed by atoms with Gasteiger partial charge in [0, 0.05) is 38.3 Å². The lowest BCUT2D eigenvalue weighted by Crippen LogP contribution is -2.44. The third-order valence-corrected chi connectivity index (χ3v) is 6.38. The molecule has 1 spiro atoms. The van der Waals surface area contributed by atoms with Gasteiger partial charge in [0.15, 0.2) is 0 Å². The molecule has 0 radical (unpaired) electrons. The van der Waals surface area contributed by atoms with E-state index in [-0.39, 0.29) is 23.2 Å². The van der Waals surface area contributed by atoms with E-state index >= 15 is 0 Å².